The minimum atomic E-state index is -3.45. The van der Waals surface area contributed by atoms with Crippen LogP contribution in [0.25, 0.3) is 0 Å². The molecule has 6 heteroatoms. The number of nitrogens with zero attached hydrogens (tertiary/aromatic N) is 2. The first kappa shape index (κ1) is 13.5. The van der Waals surface area contributed by atoms with E-state index < -0.39 is 9.84 Å². The van der Waals surface area contributed by atoms with E-state index in [-0.39, 0.29) is 16.3 Å². The zero-order valence-electron chi connectivity index (χ0n) is 9.75. The smallest absolute Gasteiger partial charge is 0.182 e. The molecule has 0 aliphatic rings. The van der Waals surface area contributed by atoms with Crippen molar-refractivity contribution in [3.63, 3.8) is 0 Å². The Kier molecular flexibility index (Phi) is 3.84. The van der Waals surface area contributed by atoms with Gasteiger partial charge in [-0.25, -0.2) is 13.4 Å². The van der Waals surface area contributed by atoms with Crippen LogP contribution < -0.4 is 0 Å². The molecule has 96 valence electrons. The second-order valence-corrected chi connectivity index (χ2v) is 6.30. The highest BCUT2D eigenvalue weighted by atomic mass is 35.5. The average Bonchev–Trinajstić information content (AvgIpc) is 2.39. The van der Waals surface area contributed by atoms with Crippen molar-refractivity contribution >= 4 is 21.4 Å². The van der Waals surface area contributed by atoms with Crippen LogP contribution in [0.4, 0.5) is 0 Å². The summed E-state index contributed by atoms with van der Waals surface area (Å²) in [7, 11) is -3.45. The predicted octanol–water partition coefficient (Wildman–Crippen LogP) is 2.58. The molecule has 0 unspecified atom stereocenters. The van der Waals surface area contributed by atoms with E-state index in [9.17, 15) is 8.42 Å². The number of hydrogen-bond acceptors (Lipinski definition) is 4. The van der Waals surface area contributed by atoms with Crippen molar-refractivity contribution in [2.45, 2.75) is 10.6 Å². The van der Waals surface area contributed by atoms with E-state index in [2.05, 4.69) is 4.98 Å². The maximum Gasteiger partial charge on any atom is 0.182 e. The Balaban J connectivity index is 2.31. The van der Waals surface area contributed by atoms with E-state index in [1.807, 2.05) is 6.07 Å². The number of benzene rings is 1. The summed E-state index contributed by atoms with van der Waals surface area (Å²) in [6.07, 6.45) is 1.42. The van der Waals surface area contributed by atoms with Gasteiger partial charge in [-0.05, 0) is 42.0 Å². The van der Waals surface area contributed by atoms with Gasteiger partial charge in [0.1, 0.15) is 11.8 Å². The Morgan fingerprint density at radius 2 is 1.89 bits per heavy atom. The molecule has 0 amide bonds. The van der Waals surface area contributed by atoms with Crippen LogP contribution in [0.15, 0.2) is 47.5 Å². The lowest BCUT2D eigenvalue weighted by atomic mass is 10.2. The molecular formula is C13H9ClN2O2S. The first-order valence-corrected chi connectivity index (χ1v) is 7.38. The van der Waals surface area contributed by atoms with Crippen LogP contribution in [0.1, 0.15) is 11.3 Å². The second-order valence-electron chi connectivity index (χ2n) is 3.87. The van der Waals surface area contributed by atoms with Gasteiger partial charge in [-0.1, -0.05) is 11.6 Å². The number of hydrogen-bond donors (Lipinski definition) is 0. The molecule has 1 heterocycles. The Morgan fingerprint density at radius 1 is 1.21 bits per heavy atom. The third-order valence-electron chi connectivity index (χ3n) is 2.47. The molecule has 0 aliphatic heterocycles. The summed E-state index contributed by atoms with van der Waals surface area (Å²) in [5, 5.41) is 9.21. The minimum absolute atomic E-state index is 0.175. The maximum atomic E-state index is 12.2. The van der Waals surface area contributed by atoms with Gasteiger partial charge in [-0.15, -0.1) is 0 Å². The van der Waals surface area contributed by atoms with Crippen LogP contribution in [-0.2, 0) is 15.6 Å². The van der Waals surface area contributed by atoms with Gasteiger partial charge in [-0.3, -0.25) is 0 Å². The van der Waals surface area contributed by atoms with Crippen molar-refractivity contribution < 1.29 is 8.42 Å². The summed E-state index contributed by atoms with van der Waals surface area (Å²) < 4.78 is 24.3. The van der Waals surface area contributed by atoms with E-state index in [1.54, 1.807) is 6.07 Å². The fourth-order valence-corrected chi connectivity index (χ4v) is 3.03. The predicted molar refractivity (Wildman–Crippen MR) is 71.3 cm³/mol. The van der Waals surface area contributed by atoms with Crippen LogP contribution in [0.2, 0.25) is 5.02 Å². The monoisotopic (exact) mass is 292 g/mol. The van der Waals surface area contributed by atoms with Gasteiger partial charge in [0.2, 0.25) is 0 Å². The molecule has 0 N–H and O–H groups in total. The van der Waals surface area contributed by atoms with Crippen LogP contribution >= 0.6 is 11.6 Å². The summed E-state index contributed by atoms with van der Waals surface area (Å²) in [6.45, 7) is 0. The zero-order chi connectivity index (χ0) is 13.9. The number of aromatic nitrogens is 1. The summed E-state index contributed by atoms with van der Waals surface area (Å²) in [6, 6.07) is 10.9. The molecule has 0 fully saturated rings. The number of nitriles is 1. The van der Waals surface area contributed by atoms with E-state index in [0.717, 1.165) is 0 Å². The van der Waals surface area contributed by atoms with E-state index >= 15 is 0 Å². The van der Waals surface area contributed by atoms with Crippen LogP contribution in [0.5, 0.6) is 0 Å². The first-order valence-electron chi connectivity index (χ1n) is 5.34. The molecule has 2 aromatic rings. The summed E-state index contributed by atoms with van der Waals surface area (Å²) >= 11 is 5.72. The number of rotatable bonds is 3. The van der Waals surface area contributed by atoms with E-state index in [1.165, 1.54) is 36.5 Å². The highest BCUT2D eigenvalue weighted by molar-refractivity contribution is 7.90. The maximum absolute atomic E-state index is 12.2. The van der Waals surface area contributed by atoms with Gasteiger partial charge in [0.25, 0.3) is 0 Å². The van der Waals surface area contributed by atoms with E-state index in [4.69, 9.17) is 16.9 Å². The second kappa shape index (κ2) is 5.39. The topological polar surface area (TPSA) is 70.8 Å². The highest BCUT2D eigenvalue weighted by Crippen LogP contribution is 2.18. The van der Waals surface area contributed by atoms with Crippen LogP contribution in [0.3, 0.4) is 0 Å². The van der Waals surface area contributed by atoms with Crippen molar-refractivity contribution in [1.29, 1.82) is 5.26 Å². The van der Waals surface area contributed by atoms with Gasteiger partial charge >= 0.3 is 0 Å². The summed E-state index contributed by atoms with van der Waals surface area (Å²) in [5.74, 6) is -0.175. The van der Waals surface area contributed by atoms with Crippen molar-refractivity contribution in [3.8, 4) is 6.07 Å². The molecule has 0 bridgehead atoms. The van der Waals surface area contributed by atoms with Crippen molar-refractivity contribution in [1.82, 2.24) is 4.98 Å². The lowest BCUT2D eigenvalue weighted by molar-refractivity contribution is 0.595. The van der Waals surface area contributed by atoms with Crippen molar-refractivity contribution in [3.05, 3.63) is 58.9 Å². The van der Waals surface area contributed by atoms with Gasteiger partial charge in [0.15, 0.2) is 9.84 Å². The third kappa shape index (κ3) is 3.31. The molecule has 2 rings (SSSR count). The molecule has 1 aromatic heterocycles. The Labute approximate surface area is 116 Å². The quantitative estimate of drug-likeness (QED) is 0.872. The fraction of sp³-hybridized carbons (Fsp3) is 0.0769. The molecule has 19 heavy (non-hydrogen) atoms. The molecule has 4 nitrogen and oxygen atoms in total. The number of sulfone groups is 1. The normalized spacial score (nSPS) is 10.9. The van der Waals surface area contributed by atoms with Crippen molar-refractivity contribution in [2.75, 3.05) is 0 Å². The largest absolute Gasteiger partial charge is 0.246 e. The molecular weight excluding hydrogens is 284 g/mol. The third-order valence-corrected chi connectivity index (χ3v) is 4.42. The number of pyridine rings is 1. The zero-order valence-corrected chi connectivity index (χ0v) is 11.3. The lowest BCUT2D eigenvalue weighted by Crippen LogP contribution is -2.05. The molecule has 0 aliphatic carbocycles. The lowest BCUT2D eigenvalue weighted by Gasteiger charge is -2.05. The number of halogens is 1. The van der Waals surface area contributed by atoms with Crippen LogP contribution in [0, 0.1) is 11.3 Å². The van der Waals surface area contributed by atoms with Gasteiger partial charge in [-0.2, -0.15) is 5.26 Å². The van der Waals surface area contributed by atoms with Gasteiger partial charge in [0, 0.05) is 11.2 Å². The summed E-state index contributed by atoms with van der Waals surface area (Å²) in [5.41, 5.74) is 0.727. The minimum Gasteiger partial charge on any atom is -0.246 e. The Bertz CT molecular complexity index is 734. The van der Waals surface area contributed by atoms with Crippen LogP contribution in [-0.4, -0.2) is 13.4 Å². The molecule has 0 radical (unpaired) electrons. The standard InChI is InChI=1S/C13H9ClN2O2S/c14-11-1-3-13(4-2-11)19(17,18)9-10-5-6-16-12(7-10)8-15/h1-7H,9H2. The summed E-state index contributed by atoms with van der Waals surface area (Å²) in [4.78, 5) is 4.00. The van der Waals surface area contributed by atoms with Gasteiger partial charge < -0.3 is 0 Å². The van der Waals surface area contributed by atoms with E-state index in [0.29, 0.717) is 10.6 Å². The SMILES string of the molecule is N#Cc1cc(CS(=O)(=O)c2ccc(Cl)cc2)ccn1. The molecule has 0 spiro atoms. The molecule has 0 saturated heterocycles. The molecule has 1 aromatic carbocycles. The van der Waals surface area contributed by atoms with Crippen molar-refractivity contribution in [2.24, 2.45) is 0 Å². The molecule has 0 atom stereocenters. The first-order chi connectivity index (χ1) is 9.01. The molecule has 0 saturated carbocycles. The Morgan fingerprint density at radius 3 is 2.53 bits per heavy atom. The Hall–Kier alpha value is -1.90. The highest BCUT2D eigenvalue weighted by Gasteiger charge is 2.15. The average molecular weight is 293 g/mol. The fourth-order valence-electron chi connectivity index (χ4n) is 1.57. The van der Waals surface area contributed by atoms with Gasteiger partial charge in [0.05, 0.1) is 10.6 Å².